The van der Waals surface area contributed by atoms with E-state index >= 15 is 0 Å². The summed E-state index contributed by atoms with van der Waals surface area (Å²) < 4.78 is 0. The monoisotopic (exact) mass is 138 g/mol. The predicted octanol–water partition coefficient (Wildman–Crippen LogP) is 2.49. The first kappa shape index (κ1) is 9.15. The Balaban J connectivity index is 3.52. The minimum absolute atomic E-state index is 0.244. The summed E-state index contributed by atoms with van der Waals surface area (Å²) in [6.07, 6.45) is 5.30. The van der Waals surface area contributed by atoms with E-state index in [1.165, 1.54) is 0 Å². The second kappa shape index (κ2) is 4.98. The third-order valence-corrected chi connectivity index (χ3v) is 1.28. The topological polar surface area (TPSA) is 17.1 Å². The van der Waals surface area contributed by atoms with Crippen molar-refractivity contribution in [2.75, 3.05) is 0 Å². The molecule has 0 amide bonds. The number of ketones is 1. The zero-order valence-electron chi connectivity index (χ0n) is 6.68. The van der Waals surface area contributed by atoms with E-state index in [1.54, 1.807) is 13.0 Å². The van der Waals surface area contributed by atoms with Gasteiger partial charge in [-0.15, -0.1) is 0 Å². The number of Topliss-reactive ketones (excluding diaryl/α,β-unsaturated/α-hetero) is 1. The first-order valence-corrected chi connectivity index (χ1v) is 3.45. The predicted molar refractivity (Wildman–Crippen MR) is 43.9 cm³/mol. The molecule has 0 rings (SSSR count). The van der Waals surface area contributed by atoms with Crippen molar-refractivity contribution >= 4 is 5.78 Å². The highest BCUT2D eigenvalue weighted by Gasteiger charge is 1.88. The van der Waals surface area contributed by atoms with Gasteiger partial charge in [0, 0.05) is 6.42 Å². The molecule has 0 saturated carbocycles. The van der Waals surface area contributed by atoms with Gasteiger partial charge >= 0.3 is 0 Å². The lowest BCUT2D eigenvalue weighted by atomic mass is 10.2. The maximum Gasteiger partial charge on any atom is 0.130 e. The molecule has 0 heterocycles. The van der Waals surface area contributed by atoms with Crippen LogP contribution in [0.4, 0.5) is 0 Å². The van der Waals surface area contributed by atoms with E-state index in [4.69, 9.17) is 0 Å². The summed E-state index contributed by atoms with van der Waals surface area (Å²) in [5, 5.41) is 0. The summed E-state index contributed by atoms with van der Waals surface area (Å²) >= 11 is 0. The van der Waals surface area contributed by atoms with E-state index in [0.717, 1.165) is 12.0 Å². The van der Waals surface area contributed by atoms with Crippen molar-refractivity contribution in [3.8, 4) is 0 Å². The van der Waals surface area contributed by atoms with Crippen LogP contribution in [0.3, 0.4) is 0 Å². The van der Waals surface area contributed by atoms with Crippen LogP contribution in [0.5, 0.6) is 0 Å². The standard InChI is InChI=1S/C9H14O/c1-4-8(2)6-5-7-9(3)10/h4,6H,1,5,7H2,2-3H3. The number of rotatable bonds is 4. The van der Waals surface area contributed by atoms with Gasteiger partial charge in [-0.1, -0.05) is 24.3 Å². The summed E-state index contributed by atoms with van der Waals surface area (Å²) in [6, 6.07) is 0. The third-order valence-electron chi connectivity index (χ3n) is 1.28. The smallest absolute Gasteiger partial charge is 0.130 e. The van der Waals surface area contributed by atoms with E-state index in [1.807, 2.05) is 13.0 Å². The molecule has 0 bridgehead atoms. The highest BCUT2D eigenvalue weighted by Crippen LogP contribution is 1.98. The van der Waals surface area contributed by atoms with Crippen LogP contribution in [0.2, 0.25) is 0 Å². The van der Waals surface area contributed by atoms with E-state index in [-0.39, 0.29) is 5.78 Å². The van der Waals surface area contributed by atoms with E-state index in [0.29, 0.717) is 6.42 Å². The lowest BCUT2D eigenvalue weighted by Gasteiger charge is -1.90. The van der Waals surface area contributed by atoms with Gasteiger partial charge in [-0.3, -0.25) is 0 Å². The van der Waals surface area contributed by atoms with Crippen molar-refractivity contribution in [1.82, 2.24) is 0 Å². The Morgan fingerprint density at radius 2 is 2.10 bits per heavy atom. The Bertz CT molecular complexity index is 154. The number of carbonyl (C=O) groups is 1. The van der Waals surface area contributed by atoms with Gasteiger partial charge in [0.15, 0.2) is 0 Å². The van der Waals surface area contributed by atoms with E-state index in [9.17, 15) is 4.79 Å². The van der Waals surface area contributed by atoms with Crippen LogP contribution < -0.4 is 0 Å². The van der Waals surface area contributed by atoms with Crippen LogP contribution in [-0.4, -0.2) is 5.78 Å². The zero-order chi connectivity index (χ0) is 7.98. The van der Waals surface area contributed by atoms with Crippen LogP contribution in [0.15, 0.2) is 24.3 Å². The van der Waals surface area contributed by atoms with E-state index < -0.39 is 0 Å². The van der Waals surface area contributed by atoms with Crippen molar-refractivity contribution < 1.29 is 4.79 Å². The maximum atomic E-state index is 10.5. The second-order valence-electron chi connectivity index (χ2n) is 2.39. The fourth-order valence-electron chi connectivity index (χ4n) is 0.586. The summed E-state index contributed by atoms with van der Waals surface area (Å²) in [5.74, 6) is 0.244. The molecular formula is C9H14O. The molecule has 0 aromatic rings. The largest absolute Gasteiger partial charge is 0.300 e. The lowest BCUT2D eigenvalue weighted by molar-refractivity contribution is -0.116. The normalized spacial score (nSPS) is 11.2. The number of hydrogen-bond donors (Lipinski definition) is 0. The van der Waals surface area contributed by atoms with Crippen molar-refractivity contribution in [1.29, 1.82) is 0 Å². The molecular weight excluding hydrogens is 124 g/mol. The zero-order valence-corrected chi connectivity index (χ0v) is 6.68. The van der Waals surface area contributed by atoms with Crippen LogP contribution in [0, 0.1) is 0 Å². The van der Waals surface area contributed by atoms with Gasteiger partial charge in [0.1, 0.15) is 5.78 Å². The average molecular weight is 138 g/mol. The van der Waals surface area contributed by atoms with Gasteiger partial charge in [-0.25, -0.2) is 0 Å². The molecule has 0 aliphatic rings. The Labute approximate surface area is 62.4 Å². The third kappa shape index (κ3) is 5.29. The van der Waals surface area contributed by atoms with Crippen molar-refractivity contribution in [3.63, 3.8) is 0 Å². The molecule has 0 radical (unpaired) electrons. The first-order chi connectivity index (χ1) is 4.66. The van der Waals surface area contributed by atoms with Crippen LogP contribution >= 0.6 is 0 Å². The highest BCUT2D eigenvalue weighted by atomic mass is 16.1. The quantitative estimate of drug-likeness (QED) is 0.545. The van der Waals surface area contributed by atoms with Gasteiger partial charge in [0.05, 0.1) is 0 Å². The molecule has 0 aromatic heterocycles. The molecule has 0 aliphatic carbocycles. The molecule has 0 saturated heterocycles. The highest BCUT2D eigenvalue weighted by molar-refractivity contribution is 5.75. The Hall–Kier alpha value is -0.850. The molecule has 0 spiro atoms. The number of hydrogen-bond acceptors (Lipinski definition) is 1. The average Bonchev–Trinajstić information content (AvgIpc) is 1.87. The maximum absolute atomic E-state index is 10.5. The van der Waals surface area contributed by atoms with Crippen LogP contribution in [-0.2, 0) is 4.79 Å². The molecule has 0 atom stereocenters. The molecule has 1 nitrogen and oxygen atoms in total. The summed E-state index contributed by atoms with van der Waals surface area (Å²) in [4.78, 5) is 10.5. The first-order valence-electron chi connectivity index (χ1n) is 3.45. The molecule has 10 heavy (non-hydrogen) atoms. The van der Waals surface area contributed by atoms with Crippen LogP contribution in [0.1, 0.15) is 26.7 Å². The number of carbonyl (C=O) groups excluding carboxylic acids is 1. The Morgan fingerprint density at radius 1 is 1.50 bits per heavy atom. The fraction of sp³-hybridized carbons (Fsp3) is 0.444. The molecule has 0 fully saturated rings. The number of allylic oxidation sites excluding steroid dienone is 3. The fourth-order valence-corrected chi connectivity index (χ4v) is 0.586. The van der Waals surface area contributed by atoms with Crippen molar-refractivity contribution in [3.05, 3.63) is 24.3 Å². The van der Waals surface area contributed by atoms with Gasteiger partial charge in [0.2, 0.25) is 0 Å². The van der Waals surface area contributed by atoms with Gasteiger partial charge in [0.25, 0.3) is 0 Å². The van der Waals surface area contributed by atoms with Crippen molar-refractivity contribution in [2.24, 2.45) is 0 Å². The summed E-state index contributed by atoms with van der Waals surface area (Å²) in [6.45, 7) is 7.19. The van der Waals surface area contributed by atoms with Gasteiger partial charge < -0.3 is 4.79 Å². The second-order valence-corrected chi connectivity index (χ2v) is 2.39. The van der Waals surface area contributed by atoms with Gasteiger partial charge in [-0.2, -0.15) is 0 Å². The Kier molecular flexibility index (Phi) is 4.55. The van der Waals surface area contributed by atoms with Crippen LogP contribution in [0.25, 0.3) is 0 Å². The summed E-state index contributed by atoms with van der Waals surface area (Å²) in [5.41, 5.74) is 1.14. The molecule has 0 aliphatic heterocycles. The summed E-state index contributed by atoms with van der Waals surface area (Å²) in [7, 11) is 0. The molecule has 0 unspecified atom stereocenters. The minimum Gasteiger partial charge on any atom is -0.300 e. The van der Waals surface area contributed by atoms with Gasteiger partial charge in [-0.05, 0) is 20.3 Å². The molecule has 0 aromatic carbocycles. The molecule has 0 N–H and O–H groups in total. The molecule has 56 valence electrons. The van der Waals surface area contributed by atoms with E-state index in [2.05, 4.69) is 6.58 Å². The Morgan fingerprint density at radius 3 is 2.50 bits per heavy atom. The SMILES string of the molecule is C=CC(C)=CCCC(C)=O. The van der Waals surface area contributed by atoms with Crippen molar-refractivity contribution in [2.45, 2.75) is 26.7 Å². The molecule has 1 heteroatoms. The minimum atomic E-state index is 0.244. The lowest BCUT2D eigenvalue weighted by Crippen LogP contribution is -1.86.